The quantitative estimate of drug-likeness (QED) is 0.930. The van der Waals surface area contributed by atoms with Crippen LogP contribution in [0, 0.1) is 5.82 Å². The summed E-state index contributed by atoms with van der Waals surface area (Å²) in [7, 11) is 1.79. The van der Waals surface area contributed by atoms with E-state index < -0.39 is 0 Å². The molecule has 1 aliphatic heterocycles. The van der Waals surface area contributed by atoms with E-state index in [0.29, 0.717) is 24.6 Å². The molecule has 1 aliphatic rings. The molecule has 116 valence electrons. The number of piperidine rings is 1. The van der Waals surface area contributed by atoms with Gasteiger partial charge in [-0.05, 0) is 25.0 Å². The van der Waals surface area contributed by atoms with Crippen LogP contribution in [0.25, 0.3) is 0 Å². The third-order valence-electron chi connectivity index (χ3n) is 3.92. The number of hydrogen-bond acceptors (Lipinski definition) is 4. The van der Waals surface area contributed by atoms with Gasteiger partial charge in [-0.15, -0.1) is 0 Å². The summed E-state index contributed by atoms with van der Waals surface area (Å²) in [6, 6.07) is 3.09. The van der Waals surface area contributed by atoms with Gasteiger partial charge in [0.25, 0.3) is 5.91 Å². The summed E-state index contributed by atoms with van der Waals surface area (Å²) < 4.78 is 15.4. The Kier molecular flexibility index (Phi) is 4.04. The standard InChI is InChI=1S/C15H18FN5O/c1-20-10-17-9-13(20)15(22)19-11-4-7-21(8-5-11)14-12(16)3-2-6-18-14/h2-3,6,9-11H,4-5,7-8H2,1H3,(H,19,22). The van der Waals surface area contributed by atoms with Crippen molar-refractivity contribution in [2.24, 2.45) is 7.05 Å². The van der Waals surface area contributed by atoms with Gasteiger partial charge in [0, 0.05) is 32.4 Å². The number of nitrogens with one attached hydrogen (secondary N) is 1. The normalized spacial score (nSPS) is 15.8. The minimum Gasteiger partial charge on any atom is -0.354 e. The smallest absolute Gasteiger partial charge is 0.269 e. The fourth-order valence-corrected chi connectivity index (χ4v) is 2.68. The second-order valence-corrected chi connectivity index (χ2v) is 5.43. The fourth-order valence-electron chi connectivity index (χ4n) is 2.68. The zero-order valence-electron chi connectivity index (χ0n) is 12.4. The molecule has 0 aromatic carbocycles. The number of rotatable bonds is 3. The molecule has 7 heteroatoms. The summed E-state index contributed by atoms with van der Waals surface area (Å²) in [4.78, 5) is 22.1. The number of carbonyl (C=O) groups excluding carboxylic acids is 1. The SMILES string of the molecule is Cn1cncc1C(=O)NC1CCN(c2ncccc2F)CC1. The average Bonchev–Trinajstić information content (AvgIpc) is 2.95. The number of aromatic nitrogens is 3. The molecule has 0 saturated carbocycles. The zero-order valence-corrected chi connectivity index (χ0v) is 12.4. The molecule has 1 amide bonds. The van der Waals surface area contributed by atoms with Gasteiger partial charge in [0.2, 0.25) is 0 Å². The molecule has 2 aromatic heterocycles. The topological polar surface area (TPSA) is 63.1 Å². The minimum absolute atomic E-state index is 0.0884. The van der Waals surface area contributed by atoms with Crippen LogP contribution in [0.1, 0.15) is 23.3 Å². The maximum absolute atomic E-state index is 13.7. The molecule has 1 saturated heterocycles. The predicted octanol–water partition coefficient (Wildman–Crippen LogP) is 1.35. The van der Waals surface area contributed by atoms with E-state index >= 15 is 0 Å². The summed E-state index contributed by atoms with van der Waals surface area (Å²) in [6.07, 6.45) is 6.27. The average molecular weight is 303 g/mol. The van der Waals surface area contributed by atoms with E-state index in [9.17, 15) is 9.18 Å². The van der Waals surface area contributed by atoms with Gasteiger partial charge in [-0.3, -0.25) is 4.79 Å². The lowest BCUT2D eigenvalue weighted by Crippen LogP contribution is -2.45. The first-order chi connectivity index (χ1) is 10.6. The lowest BCUT2D eigenvalue weighted by Gasteiger charge is -2.33. The lowest BCUT2D eigenvalue weighted by atomic mass is 10.0. The maximum Gasteiger partial charge on any atom is 0.269 e. The molecule has 0 bridgehead atoms. The van der Waals surface area contributed by atoms with Gasteiger partial charge >= 0.3 is 0 Å². The van der Waals surface area contributed by atoms with Gasteiger partial charge in [-0.25, -0.2) is 14.4 Å². The van der Waals surface area contributed by atoms with Gasteiger partial charge in [0.1, 0.15) is 5.69 Å². The highest BCUT2D eigenvalue weighted by molar-refractivity contribution is 5.92. The molecular weight excluding hydrogens is 285 g/mol. The predicted molar refractivity (Wildman–Crippen MR) is 80.1 cm³/mol. The highest BCUT2D eigenvalue weighted by atomic mass is 19.1. The molecule has 0 radical (unpaired) electrons. The number of amides is 1. The van der Waals surface area contributed by atoms with Gasteiger partial charge in [0.05, 0.1) is 12.5 Å². The molecule has 1 N–H and O–H groups in total. The number of hydrogen-bond donors (Lipinski definition) is 1. The van der Waals surface area contributed by atoms with Crippen molar-refractivity contribution >= 4 is 11.7 Å². The van der Waals surface area contributed by atoms with E-state index in [1.807, 2.05) is 4.90 Å². The number of aryl methyl sites for hydroxylation is 1. The second-order valence-electron chi connectivity index (χ2n) is 5.43. The number of carbonyl (C=O) groups is 1. The third-order valence-corrected chi connectivity index (χ3v) is 3.92. The number of imidazole rings is 1. The Morgan fingerprint density at radius 2 is 2.18 bits per heavy atom. The van der Waals surface area contributed by atoms with E-state index in [1.165, 1.54) is 6.07 Å². The van der Waals surface area contributed by atoms with E-state index in [2.05, 4.69) is 15.3 Å². The first-order valence-electron chi connectivity index (χ1n) is 7.28. The Bertz CT molecular complexity index is 663. The van der Waals surface area contributed by atoms with Gasteiger partial charge in [-0.1, -0.05) is 0 Å². The van der Waals surface area contributed by atoms with Crippen LogP contribution >= 0.6 is 0 Å². The van der Waals surface area contributed by atoms with Crippen molar-refractivity contribution in [2.75, 3.05) is 18.0 Å². The molecule has 6 nitrogen and oxygen atoms in total. The first kappa shape index (κ1) is 14.5. The number of anilines is 1. The Morgan fingerprint density at radius 3 is 2.82 bits per heavy atom. The summed E-state index contributed by atoms with van der Waals surface area (Å²) in [5.74, 6) is -0.0405. The molecule has 0 aliphatic carbocycles. The fraction of sp³-hybridized carbons (Fsp3) is 0.400. The highest BCUT2D eigenvalue weighted by Gasteiger charge is 2.24. The highest BCUT2D eigenvalue weighted by Crippen LogP contribution is 2.20. The van der Waals surface area contributed by atoms with Crippen LogP contribution in [0.4, 0.5) is 10.2 Å². The van der Waals surface area contributed by atoms with Gasteiger partial charge < -0.3 is 14.8 Å². The van der Waals surface area contributed by atoms with Crippen molar-refractivity contribution in [3.8, 4) is 0 Å². The number of halogens is 1. The van der Waals surface area contributed by atoms with Crippen molar-refractivity contribution in [1.82, 2.24) is 19.9 Å². The van der Waals surface area contributed by atoms with Crippen molar-refractivity contribution < 1.29 is 9.18 Å². The molecular formula is C15H18FN5O. The van der Waals surface area contributed by atoms with Crippen LogP contribution in [0.15, 0.2) is 30.9 Å². The molecule has 3 heterocycles. The third kappa shape index (κ3) is 2.93. The second kappa shape index (κ2) is 6.13. The Hall–Kier alpha value is -2.44. The zero-order chi connectivity index (χ0) is 15.5. The lowest BCUT2D eigenvalue weighted by molar-refractivity contribution is 0.0922. The summed E-state index contributed by atoms with van der Waals surface area (Å²) in [5.41, 5.74) is 0.540. The van der Waals surface area contributed by atoms with Crippen LogP contribution in [0.5, 0.6) is 0 Å². The monoisotopic (exact) mass is 303 g/mol. The van der Waals surface area contributed by atoms with E-state index in [-0.39, 0.29) is 17.8 Å². The van der Waals surface area contributed by atoms with Crippen LogP contribution < -0.4 is 10.2 Å². The van der Waals surface area contributed by atoms with E-state index in [0.717, 1.165) is 12.8 Å². The summed E-state index contributed by atoms with van der Waals surface area (Å²) in [6.45, 7) is 1.34. The summed E-state index contributed by atoms with van der Waals surface area (Å²) >= 11 is 0. The van der Waals surface area contributed by atoms with E-state index in [1.54, 1.807) is 36.4 Å². The molecule has 22 heavy (non-hydrogen) atoms. The molecule has 1 fully saturated rings. The minimum atomic E-state index is -0.306. The number of pyridine rings is 1. The molecule has 0 unspecified atom stereocenters. The van der Waals surface area contributed by atoms with Crippen molar-refractivity contribution in [2.45, 2.75) is 18.9 Å². The largest absolute Gasteiger partial charge is 0.354 e. The van der Waals surface area contributed by atoms with Crippen molar-refractivity contribution in [3.63, 3.8) is 0 Å². The van der Waals surface area contributed by atoms with Crippen LogP contribution in [-0.4, -0.2) is 39.6 Å². The van der Waals surface area contributed by atoms with Crippen LogP contribution in [0.3, 0.4) is 0 Å². The maximum atomic E-state index is 13.7. The number of nitrogens with zero attached hydrogens (tertiary/aromatic N) is 4. The van der Waals surface area contributed by atoms with Gasteiger partial charge in [-0.2, -0.15) is 0 Å². The molecule has 0 atom stereocenters. The Labute approximate surface area is 128 Å². The molecule has 0 spiro atoms. The Balaban J connectivity index is 1.57. The van der Waals surface area contributed by atoms with Crippen molar-refractivity contribution in [1.29, 1.82) is 0 Å². The van der Waals surface area contributed by atoms with Gasteiger partial charge in [0.15, 0.2) is 11.6 Å². The Morgan fingerprint density at radius 1 is 1.41 bits per heavy atom. The van der Waals surface area contributed by atoms with Crippen LogP contribution in [0.2, 0.25) is 0 Å². The first-order valence-corrected chi connectivity index (χ1v) is 7.28. The van der Waals surface area contributed by atoms with E-state index in [4.69, 9.17) is 0 Å². The molecule has 2 aromatic rings. The van der Waals surface area contributed by atoms with Crippen LogP contribution in [-0.2, 0) is 7.05 Å². The summed E-state index contributed by atoms with van der Waals surface area (Å²) in [5, 5.41) is 3.01. The van der Waals surface area contributed by atoms with Crippen molar-refractivity contribution in [3.05, 3.63) is 42.4 Å². The molecule has 3 rings (SSSR count).